The molecule has 8 aromatic carbocycles. The van der Waals surface area contributed by atoms with Gasteiger partial charge in [-0.1, -0.05) is 164 Å². The van der Waals surface area contributed by atoms with E-state index in [2.05, 4.69) is 185 Å². The number of fused-ring (bicyclic) bond motifs is 3. The molecule has 0 aliphatic carbocycles. The van der Waals surface area contributed by atoms with Gasteiger partial charge in [0.25, 0.3) is 0 Å². The molecule has 50 heavy (non-hydrogen) atoms. The van der Waals surface area contributed by atoms with Gasteiger partial charge in [-0.3, -0.25) is 0 Å². The first kappa shape index (κ1) is 42.6. The summed E-state index contributed by atoms with van der Waals surface area (Å²) in [5.41, 5.74) is 10.6. The van der Waals surface area contributed by atoms with Crippen LogP contribution in [0, 0.1) is 21.8 Å². The molecule has 0 atom stereocenters. The number of benzene rings is 6. The third-order valence-corrected chi connectivity index (χ3v) is 8.72. The quantitative estimate of drug-likeness (QED) is 0.123. The third-order valence-electron chi connectivity index (χ3n) is 8.72. The van der Waals surface area contributed by atoms with E-state index in [1.807, 2.05) is 0 Å². The number of hydrogen-bond donors (Lipinski definition) is 0. The minimum atomic E-state index is 0. The van der Waals surface area contributed by atoms with E-state index in [-0.39, 0.29) is 39.7 Å². The number of rotatable bonds is 4. The van der Waals surface area contributed by atoms with Crippen LogP contribution in [0.25, 0.3) is 65.7 Å². The van der Waals surface area contributed by atoms with Crippen molar-refractivity contribution in [2.24, 2.45) is 0 Å². The fraction of sp³-hybridized carbons (Fsp3) is 0.0870. The zero-order valence-corrected chi connectivity index (χ0v) is 34.5. The van der Waals surface area contributed by atoms with E-state index in [4.69, 9.17) is 0 Å². The molecule has 2 radical (unpaired) electrons. The van der Waals surface area contributed by atoms with Crippen LogP contribution >= 0.6 is 24.8 Å². The van der Waals surface area contributed by atoms with Gasteiger partial charge in [-0.25, -0.2) is 0 Å². The topological polar surface area (TPSA) is 0 Å². The summed E-state index contributed by atoms with van der Waals surface area (Å²) in [6, 6.07) is 56.9. The molecule has 0 heterocycles. The molecule has 8 aromatic rings. The van der Waals surface area contributed by atoms with Crippen molar-refractivity contribution in [3.8, 4) is 33.4 Å². The molecular formula is C46H44Cl2SiZr-4. The van der Waals surface area contributed by atoms with Gasteiger partial charge in [0.05, 0.1) is 0 Å². The van der Waals surface area contributed by atoms with Crippen LogP contribution in [0.3, 0.4) is 0 Å². The molecule has 0 aliphatic rings. The van der Waals surface area contributed by atoms with Crippen LogP contribution in [0.2, 0.25) is 0 Å². The number of aryl methyl sites for hydroxylation is 1. The molecule has 0 unspecified atom stereocenters. The van der Waals surface area contributed by atoms with E-state index in [0.29, 0.717) is 5.92 Å². The molecule has 4 heteroatoms. The maximum absolute atomic E-state index is 3.06. The molecule has 0 amide bonds. The second-order valence-corrected chi connectivity index (χ2v) is 12.0. The Balaban J connectivity index is 0.000000322. The number of halogens is 2. The Hall–Kier alpha value is -3.52. The van der Waals surface area contributed by atoms with E-state index in [1.165, 1.54) is 100 Å². The van der Waals surface area contributed by atoms with Crippen LogP contribution in [0.1, 0.15) is 30.9 Å². The Kier molecular flexibility index (Phi) is 16.9. The van der Waals surface area contributed by atoms with Crippen LogP contribution in [0.5, 0.6) is 0 Å². The maximum atomic E-state index is 3.06. The van der Waals surface area contributed by atoms with E-state index in [0.717, 1.165) is 0 Å². The Morgan fingerprint density at radius 2 is 1.02 bits per heavy atom. The minimum absolute atomic E-state index is 0. The number of hydrogen-bond acceptors (Lipinski definition) is 0. The van der Waals surface area contributed by atoms with Crippen LogP contribution in [-0.4, -0.2) is 6.88 Å². The standard InChI is InChI=1S/C26H19.C18H17.2CH3.2ClH.Si.Zr/c1-18-16-25-22(19-8-3-2-4-9-19)14-15-24(26(25)17-18)23-13-7-11-20-10-5-6-12-21(20)23;1-13(2)16-11-15-9-6-10-17(18(15)12-16)14-7-4-3-5-8-14;;;;;;/h2-17H,1H3;3-13H,1-2H3;2*1H3;2*1H;;/q4*-1;;;;. The van der Waals surface area contributed by atoms with E-state index in [1.54, 1.807) is 0 Å². The van der Waals surface area contributed by atoms with Gasteiger partial charge in [0.1, 0.15) is 0 Å². The summed E-state index contributed by atoms with van der Waals surface area (Å²) in [6.45, 7) is 9.74. The normalized spacial score (nSPS) is 9.98. The second kappa shape index (κ2) is 19.8. The summed E-state index contributed by atoms with van der Waals surface area (Å²) in [4.78, 5) is 0. The third kappa shape index (κ3) is 9.03. The summed E-state index contributed by atoms with van der Waals surface area (Å²) < 4.78 is 0. The molecule has 0 saturated heterocycles. The predicted octanol–water partition coefficient (Wildman–Crippen LogP) is 14.1. The molecule has 8 rings (SSSR count). The molecule has 0 aromatic heterocycles. The summed E-state index contributed by atoms with van der Waals surface area (Å²) in [5, 5.41) is 7.97. The van der Waals surface area contributed by atoms with Gasteiger partial charge in [0.15, 0.2) is 0 Å². The van der Waals surface area contributed by atoms with Gasteiger partial charge >= 0.3 is 30.2 Å². The monoisotopic (exact) mass is 784 g/mol. The van der Waals surface area contributed by atoms with Gasteiger partial charge in [0.2, 0.25) is 0 Å². The van der Waals surface area contributed by atoms with Crippen molar-refractivity contribution in [1.82, 2.24) is 0 Å². The van der Waals surface area contributed by atoms with E-state index in [9.17, 15) is 0 Å². The second-order valence-electron chi connectivity index (χ2n) is 12.0. The van der Waals surface area contributed by atoms with Crippen molar-refractivity contribution in [2.45, 2.75) is 26.7 Å². The molecule has 0 spiro atoms. The molecule has 254 valence electrons. The SMILES string of the molecule is CC(C)c1cc2c(-c3ccccc3)cccc2[cH-]1.Cc1cc2c(-c3cccc4ccccc34)ccc(-c3ccccc3)c2[cH-]1.Cl.Cl.[CH3-].[CH3-].[Si]=[Zr]. The summed E-state index contributed by atoms with van der Waals surface area (Å²) in [5.74, 6) is 0.584. The summed E-state index contributed by atoms with van der Waals surface area (Å²) >= 11 is 1.36. The van der Waals surface area contributed by atoms with Gasteiger partial charge in [-0.2, -0.15) is 12.1 Å². The van der Waals surface area contributed by atoms with Crippen molar-refractivity contribution in [1.29, 1.82) is 0 Å². The molecule has 0 aliphatic heterocycles. The fourth-order valence-electron chi connectivity index (χ4n) is 6.47. The average molecular weight is 787 g/mol. The van der Waals surface area contributed by atoms with E-state index < -0.39 is 0 Å². The zero-order chi connectivity index (χ0) is 32.0. The molecular weight excluding hydrogens is 743 g/mol. The van der Waals surface area contributed by atoms with E-state index >= 15 is 0 Å². The Labute approximate surface area is 328 Å². The Bertz CT molecular complexity index is 2230. The molecule has 0 N–H and O–H groups in total. The summed E-state index contributed by atoms with van der Waals surface area (Å²) in [6.07, 6.45) is 0. The molecule has 0 saturated carbocycles. The Morgan fingerprint density at radius 3 is 1.68 bits per heavy atom. The van der Waals surface area contributed by atoms with Gasteiger partial charge in [-0.15, -0.1) is 81.8 Å². The zero-order valence-electron chi connectivity index (χ0n) is 29.4. The van der Waals surface area contributed by atoms with Gasteiger partial charge in [0, 0.05) is 0 Å². The fourth-order valence-corrected chi connectivity index (χ4v) is 6.47. The predicted molar refractivity (Wildman–Crippen MR) is 225 cm³/mol. The molecule has 0 fully saturated rings. The van der Waals surface area contributed by atoms with Crippen LogP contribution in [-0.2, 0) is 23.3 Å². The molecule has 0 bridgehead atoms. The van der Waals surface area contributed by atoms with Crippen LogP contribution < -0.4 is 0 Å². The van der Waals surface area contributed by atoms with Crippen molar-refractivity contribution in [2.75, 3.05) is 0 Å². The van der Waals surface area contributed by atoms with Crippen molar-refractivity contribution >= 4 is 64.0 Å². The van der Waals surface area contributed by atoms with Gasteiger partial charge in [-0.05, 0) is 27.8 Å². The van der Waals surface area contributed by atoms with Gasteiger partial charge < -0.3 is 14.9 Å². The Morgan fingerprint density at radius 1 is 0.500 bits per heavy atom. The first-order chi connectivity index (χ1) is 22.6. The van der Waals surface area contributed by atoms with Crippen LogP contribution in [0.4, 0.5) is 0 Å². The summed E-state index contributed by atoms with van der Waals surface area (Å²) in [7, 11) is 0. The first-order valence-electron chi connectivity index (χ1n) is 15.8. The first-order valence-corrected chi connectivity index (χ1v) is 20.0. The van der Waals surface area contributed by atoms with Crippen molar-refractivity contribution < 1.29 is 23.3 Å². The van der Waals surface area contributed by atoms with Crippen molar-refractivity contribution in [3.63, 3.8) is 0 Å². The van der Waals surface area contributed by atoms with Crippen molar-refractivity contribution in [3.05, 3.63) is 184 Å². The van der Waals surface area contributed by atoms with Crippen LogP contribution in [0.15, 0.2) is 158 Å². The molecule has 0 nitrogen and oxygen atoms in total. The average Bonchev–Trinajstić information content (AvgIpc) is 3.74.